The summed E-state index contributed by atoms with van der Waals surface area (Å²) in [7, 11) is 0. The number of aliphatic hydroxyl groups is 1. The molecule has 0 bridgehead atoms. The van der Waals surface area contributed by atoms with Gasteiger partial charge in [0.1, 0.15) is 0 Å². The molecule has 2 nitrogen and oxygen atoms in total. The number of aliphatic hydroxyl groups excluding tert-OH is 1. The minimum Gasteiger partial charge on any atom is -0.396 e. The molecule has 0 aliphatic carbocycles. The van der Waals surface area contributed by atoms with Crippen LogP contribution in [0.4, 0.5) is 0 Å². The second kappa shape index (κ2) is 3.22. The maximum Gasteiger partial charge on any atom is 0.192 e. The Morgan fingerprint density at radius 3 is 3.00 bits per heavy atom. The third-order valence-corrected chi connectivity index (χ3v) is 2.58. The standard InChI is InChI=1S/C6H10O2S/c7-3-1-5-2-4-9-6(5)8/h5,7H,1-4H2. The molecule has 1 atom stereocenters. The second-order valence-corrected chi connectivity index (χ2v) is 3.26. The number of hydrogen-bond acceptors (Lipinski definition) is 3. The third kappa shape index (κ3) is 1.69. The molecule has 1 N–H and O–H groups in total. The van der Waals surface area contributed by atoms with Gasteiger partial charge in [-0.25, -0.2) is 0 Å². The molecule has 0 aromatic heterocycles. The van der Waals surface area contributed by atoms with Gasteiger partial charge in [0.05, 0.1) is 0 Å². The second-order valence-electron chi connectivity index (χ2n) is 2.17. The summed E-state index contributed by atoms with van der Waals surface area (Å²) in [6.07, 6.45) is 1.62. The lowest BCUT2D eigenvalue weighted by atomic mass is 10.1. The molecule has 3 heteroatoms. The zero-order chi connectivity index (χ0) is 6.69. The molecule has 1 unspecified atom stereocenters. The van der Waals surface area contributed by atoms with Crippen molar-refractivity contribution in [3.05, 3.63) is 0 Å². The van der Waals surface area contributed by atoms with Crippen molar-refractivity contribution >= 4 is 16.9 Å². The number of thioether (sulfide) groups is 1. The zero-order valence-electron chi connectivity index (χ0n) is 5.17. The van der Waals surface area contributed by atoms with Crippen molar-refractivity contribution in [2.45, 2.75) is 12.8 Å². The van der Waals surface area contributed by atoms with Crippen molar-refractivity contribution in [3.63, 3.8) is 0 Å². The Labute approximate surface area is 58.6 Å². The van der Waals surface area contributed by atoms with Gasteiger partial charge in [-0.1, -0.05) is 11.8 Å². The maximum absolute atomic E-state index is 10.8. The average molecular weight is 146 g/mol. The monoisotopic (exact) mass is 146 g/mol. The Kier molecular flexibility index (Phi) is 2.54. The zero-order valence-corrected chi connectivity index (χ0v) is 5.99. The molecular formula is C6H10O2S. The van der Waals surface area contributed by atoms with Crippen molar-refractivity contribution in [2.75, 3.05) is 12.4 Å². The Hall–Kier alpha value is -0.0200. The first-order valence-corrected chi connectivity index (χ1v) is 4.10. The van der Waals surface area contributed by atoms with Crippen molar-refractivity contribution in [1.29, 1.82) is 0 Å². The first-order valence-electron chi connectivity index (χ1n) is 3.12. The topological polar surface area (TPSA) is 37.3 Å². The predicted molar refractivity (Wildman–Crippen MR) is 37.3 cm³/mol. The number of carbonyl (C=O) groups is 1. The van der Waals surface area contributed by atoms with Crippen molar-refractivity contribution in [2.24, 2.45) is 5.92 Å². The van der Waals surface area contributed by atoms with Crippen molar-refractivity contribution < 1.29 is 9.90 Å². The molecule has 1 rings (SSSR count). The van der Waals surface area contributed by atoms with Gasteiger partial charge in [-0.15, -0.1) is 0 Å². The lowest BCUT2D eigenvalue weighted by Crippen LogP contribution is -2.05. The molecule has 9 heavy (non-hydrogen) atoms. The van der Waals surface area contributed by atoms with E-state index in [0.29, 0.717) is 6.42 Å². The van der Waals surface area contributed by atoms with Crippen LogP contribution in [0.3, 0.4) is 0 Å². The Morgan fingerprint density at radius 1 is 1.78 bits per heavy atom. The van der Waals surface area contributed by atoms with Gasteiger partial charge in [0.25, 0.3) is 0 Å². The number of rotatable bonds is 2. The molecule has 1 fully saturated rings. The highest BCUT2D eigenvalue weighted by Gasteiger charge is 2.23. The molecule has 1 aliphatic rings. The summed E-state index contributed by atoms with van der Waals surface area (Å²) < 4.78 is 0. The molecule has 1 heterocycles. The van der Waals surface area contributed by atoms with Gasteiger partial charge in [0.15, 0.2) is 5.12 Å². The van der Waals surface area contributed by atoms with E-state index in [1.807, 2.05) is 0 Å². The van der Waals surface area contributed by atoms with Crippen LogP contribution >= 0.6 is 11.8 Å². The highest BCUT2D eigenvalue weighted by Crippen LogP contribution is 2.27. The van der Waals surface area contributed by atoms with Crippen LogP contribution < -0.4 is 0 Å². The van der Waals surface area contributed by atoms with E-state index >= 15 is 0 Å². The van der Waals surface area contributed by atoms with Gasteiger partial charge in [-0.05, 0) is 12.8 Å². The van der Waals surface area contributed by atoms with E-state index in [0.717, 1.165) is 12.2 Å². The third-order valence-electron chi connectivity index (χ3n) is 1.52. The van der Waals surface area contributed by atoms with Gasteiger partial charge in [-0.3, -0.25) is 4.79 Å². The molecule has 0 amide bonds. The average Bonchev–Trinajstić information content (AvgIpc) is 2.18. The summed E-state index contributed by atoms with van der Waals surface area (Å²) in [6, 6.07) is 0. The van der Waals surface area contributed by atoms with E-state index in [1.54, 1.807) is 0 Å². The van der Waals surface area contributed by atoms with Gasteiger partial charge in [0.2, 0.25) is 0 Å². The van der Waals surface area contributed by atoms with E-state index in [4.69, 9.17) is 5.11 Å². The van der Waals surface area contributed by atoms with Gasteiger partial charge in [0, 0.05) is 18.3 Å². The molecule has 0 aromatic carbocycles. The van der Waals surface area contributed by atoms with Gasteiger partial charge >= 0.3 is 0 Å². The van der Waals surface area contributed by atoms with E-state index in [9.17, 15) is 4.79 Å². The molecule has 0 radical (unpaired) electrons. The van der Waals surface area contributed by atoms with Gasteiger partial charge < -0.3 is 5.11 Å². The number of hydrogen-bond donors (Lipinski definition) is 1. The molecule has 1 aliphatic heterocycles. The summed E-state index contributed by atoms with van der Waals surface area (Å²) in [5, 5.41) is 8.75. The highest BCUT2D eigenvalue weighted by molar-refractivity contribution is 8.14. The molecule has 52 valence electrons. The molecule has 0 aromatic rings. The minimum atomic E-state index is 0.150. The van der Waals surface area contributed by atoms with Crippen LogP contribution in [0.25, 0.3) is 0 Å². The fourth-order valence-electron chi connectivity index (χ4n) is 0.956. The first-order chi connectivity index (χ1) is 4.34. The molecule has 0 spiro atoms. The van der Waals surface area contributed by atoms with E-state index < -0.39 is 0 Å². The first kappa shape index (κ1) is 7.09. The SMILES string of the molecule is O=C1SCCC1CCO. The smallest absolute Gasteiger partial charge is 0.192 e. The minimum absolute atomic E-state index is 0.150. The quantitative estimate of drug-likeness (QED) is 0.621. The Bertz CT molecular complexity index is 114. The van der Waals surface area contributed by atoms with Crippen LogP contribution in [0.1, 0.15) is 12.8 Å². The van der Waals surface area contributed by atoms with Crippen LogP contribution in [0.5, 0.6) is 0 Å². The summed E-state index contributed by atoms with van der Waals surface area (Å²) in [5.74, 6) is 1.10. The predicted octanol–water partition coefficient (Wildman–Crippen LogP) is 0.649. The molecule has 0 saturated carbocycles. The van der Waals surface area contributed by atoms with Crippen LogP contribution in [-0.2, 0) is 4.79 Å². The van der Waals surface area contributed by atoms with E-state index in [2.05, 4.69) is 0 Å². The fraction of sp³-hybridized carbons (Fsp3) is 0.833. The van der Waals surface area contributed by atoms with Crippen LogP contribution in [0.15, 0.2) is 0 Å². The lowest BCUT2D eigenvalue weighted by molar-refractivity contribution is -0.114. The normalized spacial score (nSPS) is 27.2. The van der Waals surface area contributed by atoms with Crippen molar-refractivity contribution in [1.82, 2.24) is 0 Å². The van der Waals surface area contributed by atoms with Crippen molar-refractivity contribution in [3.8, 4) is 0 Å². The number of carbonyl (C=O) groups excluding carboxylic acids is 1. The van der Waals surface area contributed by atoms with E-state index in [-0.39, 0.29) is 17.6 Å². The van der Waals surface area contributed by atoms with Gasteiger partial charge in [-0.2, -0.15) is 0 Å². The largest absolute Gasteiger partial charge is 0.396 e. The summed E-state index contributed by atoms with van der Waals surface area (Å²) in [5.41, 5.74) is 0. The Balaban J connectivity index is 2.31. The van der Waals surface area contributed by atoms with E-state index in [1.165, 1.54) is 11.8 Å². The summed E-state index contributed by atoms with van der Waals surface area (Å²) >= 11 is 1.40. The van der Waals surface area contributed by atoms with Crippen LogP contribution in [0.2, 0.25) is 0 Å². The van der Waals surface area contributed by atoms with Crippen LogP contribution in [-0.4, -0.2) is 22.6 Å². The lowest BCUT2D eigenvalue weighted by Gasteiger charge is -2.00. The fourth-order valence-corrected chi connectivity index (χ4v) is 2.03. The molecular weight excluding hydrogens is 136 g/mol. The highest BCUT2D eigenvalue weighted by atomic mass is 32.2. The summed E-state index contributed by atoms with van der Waals surface area (Å²) in [4.78, 5) is 10.8. The maximum atomic E-state index is 10.8. The van der Waals surface area contributed by atoms with Crippen LogP contribution in [0, 0.1) is 5.92 Å². The molecule has 1 saturated heterocycles. The summed E-state index contributed by atoms with van der Waals surface area (Å²) in [6.45, 7) is 0.150. The Morgan fingerprint density at radius 2 is 2.56 bits per heavy atom.